The molecule has 1 aromatic carbocycles. The first kappa shape index (κ1) is 16.2. The number of benzene rings is 1. The van der Waals surface area contributed by atoms with Crippen molar-refractivity contribution in [2.24, 2.45) is 5.92 Å². The van der Waals surface area contributed by atoms with Crippen molar-refractivity contribution in [2.45, 2.75) is 44.0 Å². The van der Waals surface area contributed by atoms with Crippen molar-refractivity contribution in [1.29, 1.82) is 0 Å². The minimum Gasteiger partial charge on any atom is -0.349 e. The Morgan fingerprint density at radius 2 is 2.05 bits per heavy atom. The Hall–Kier alpha value is -1.14. The lowest BCUT2D eigenvalue weighted by molar-refractivity contribution is 0.0904. The summed E-state index contributed by atoms with van der Waals surface area (Å²) in [5.74, 6) is -0.937. The fourth-order valence-electron chi connectivity index (χ4n) is 2.38. The van der Waals surface area contributed by atoms with E-state index < -0.39 is 20.8 Å². The maximum atomic E-state index is 14.1. The van der Waals surface area contributed by atoms with Crippen LogP contribution in [0.25, 0.3) is 0 Å². The number of carbonyl (C=O) groups is 1. The lowest BCUT2D eigenvalue weighted by Crippen LogP contribution is -2.41. The number of carbonyl (C=O) groups excluding carboxylic acids is 1. The average Bonchev–Trinajstić information content (AvgIpc) is 2.28. The van der Waals surface area contributed by atoms with Gasteiger partial charge in [0.25, 0.3) is 15.0 Å². The van der Waals surface area contributed by atoms with Crippen LogP contribution in [0.4, 0.5) is 4.39 Å². The second kappa shape index (κ2) is 5.93. The molecule has 0 heterocycles. The lowest BCUT2D eigenvalue weighted by atomic mass is 9.80. The third-order valence-electron chi connectivity index (χ3n) is 3.97. The average molecular weight is 334 g/mol. The summed E-state index contributed by atoms with van der Waals surface area (Å²) in [6.45, 7) is 3.27. The number of rotatable bonds is 4. The van der Waals surface area contributed by atoms with Crippen LogP contribution in [-0.4, -0.2) is 20.4 Å². The zero-order valence-electron chi connectivity index (χ0n) is 11.8. The molecule has 1 fully saturated rings. The number of amides is 1. The van der Waals surface area contributed by atoms with Gasteiger partial charge in [-0.05, 0) is 50.3 Å². The molecule has 1 unspecified atom stereocenters. The molecule has 1 aliphatic rings. The maximum absolute atomic E-state index is 14.1. The van der Waals surface area contributed by atoms with E-state index in [4.69, 9.17) is 10.7 Å². The molecule has 21 heavy (non-hydrogen) atoms. The molecule has 2 rings (SSSR count). The van der Waals surface area contributed by atoms with Gasteiger partial charge in [0.05, 0.1) is 10.5 Å². The van der Waals surface area contributed by atoms with E-state index in [2.05, 4.69) is 5.32 Å². The van der Waals surface area contributed by atoms with Crippen LogP contribution < -0.4 is 5.32 Å². The molecule has 0 aromatic heterocycles. The Morgan fingerprint density at radius 1 is 1.43 bits per heavy atom. The second-order valence-corrected chi connectivity index (χ2v) is 8.06. The Bertz CT molecular complexity index is 671. The highest BCUT2D eigenvalue weighted by Crippen LogP contribution is 2.29. The third kappa shape index (κ3) is 3.55. The molecule has 1 atom stereocenters. The van der Waals surface area contributed by atoms with E-state index in [0.717, 1.165) is 31.4 Å². The highest BCUT2D eigenvalue weighted by molar-refractivity contribution is 8.13. The molecule has 0 aliphatic heterocycles. The van der Waals surface area contributed by atoms with E-state index >= 15 is 0 Å². The molecule has 116 valence electrons. The van der Waals surface area contributed by atoms with Crippen LogP contribution in [-0.2, 0) is 9.05 Å². The monoisotopic (exact) mass is 333 g/mol. The summed E-state index contributed by atoms with van der Waals surface area (Å²) in [5.41, 5.74) is -0.224. The lowest BCUT2D eigenvalue weighted by Gasteiger charge is -2.31. The molecule has 0 bridgehead atoms. The van der Waals surface area contributed by atoms with Crippen LogP contribution in [0.5, 0.6) is 0 Å². The van der Waals surface area contributed by atoms with Crippen molar-refractivity contribution in [3.05, 3.63) is 29.1 Å². The summed E-state index contributed by atoms with van der Waals surface area (Å²) < 4.78 is 36.8. The number of aryl methyl sites for hydroxylation is 1. The topological polar surface area (TPSA) is 63.2 Å². The molecule has 1 amide bonds. The van der Waals surface area contributed by atoms with Crippen molar-refractivity contribution < 1.29 is 17.6 Å². The van der Waals surface area contributed by atoms with Crippen molar-refractivity contribution in [3.8, 4) is 0 Å². The normalized spacial score (nSPS) is 17.1. The van der Waals surface area contributed by atoms with Crippen molar-refractivity contribution in [3.63, 3.8) is 0 Å². The van der Waals surface area contributed by atoms with Gasteiger partial charge >= 0.3 is 0 Å². The zero-order chi connectivity index (χ0) is 15.8. The fourth-order valence-corrected chi connectivity index (χ4v) is 3.23. The molecular formula is C14H17ClFNO3S. The van der Waals surface area contributed by atoms with Crippen LogP contribution in [0.1, 0.15) is 42.1 Å². The van der Waals surface area contributed by atoms with Crippen LogP contribution in [0.15, 0.2) is 17.0 Å². The summed E-state index contributed by atoms with van der Waals surface area (Å²) in [7, 11) is 1.25. The van der Waals surface area contributed by atoms with Gasteiger partial charge < -0.3 is 5.32 Å². The Labute approximate surface area is 128 Å². The van der Waals surface area contributed by atoms with Gasteiger partial charge in [0.2, 0.25) is 0 Å². The summed E-state index contributed by atoms with van der Waals surface area (Å²) in [6, 6.07) is 2.03. The van der Waals surface area contributed by atoms with E-state index in [1.807, 2.05) is 6.92 Å². The maximum Gasteiger partial charge on any atom is 0.261 e. The third-order valence-corrected chi connectivity index (χ3v) is 5.30. The standard InChI is InChI=1S/C14H17ClFNO3S/c1-8-6-11(21(15,19)20)7-12(13(8)16)14(18)17-9(2)10-4-3-5-10/h6-7,9-10H,3-5H2,1-2H3,(H,17,18). The SMILES string of the molecule is Cc1cc(S(=O)(=O)Cl)cc(C(=O)NC(C)C2CCC2)c1F. The molecule has 7 heteroatoms. The van der Waals surface area contributed by atoms with Gasteiger partial charge in [-0.1, -0.05) is 6.42 Å². The zero-order valence-corrected chi connectivity index (χ0v) is 13.4. The Kier molecular flexibility index (Phi) is 4.58. The van der Waals surface area contributed by atoms with E-state index in [9.17, 15) is 17.6 Å². The highest BCUT2D eigenvalue weighted by Gasteiger charge is 2.27. The fraction of sp³-hybridized carbons (Fsp3) is 0.500. The smallest absolute Gasteiger partial charge is 0.261 e. The van der Waals surface area contributed by atoms with E-state index in [1.54, 1.807) is 0 Å². The molecule has 0 spiro atoms. The summed E-state index contributed by atoms with van der Waals surface area (Å²) >= 11 is 0. The first-order valence-corrected chi connectivity index (χ1v) is 9.06. The predicted octanol–water partition coefficient (Wildman–Crippen LogP) is 2.98. The first-order chi connectivity index (χ1) is 9.70. The molecular weight excluding hydrogens is 317 g/mol. The summed E-state index contributed by atoms with van der Waals surface area (Å²) in [4.78, 5) is 11.9. The number of hydrogen-bond acceptors (Lipinski definition) is 3. The predicted molar refractivity (Wildman–Crippen MR) is 78.4 cm³/mol. The largest absolute Gasteiger partial charge is 0.349 e. The highest BCUT2D eigenvalue weighted by atomic mass is 35.7. The minimum atomic E-state index is -4.01. The van der Waals surface area contributed by atoms with Gasteiger partial charge in [-0.3, -0.25) is 4.79 Å². The van der Waals surface area contributed by atoms with Gasteiger partial charge in [-0.15, -0.1) is 0 Å². The molecule has 1 aliphatic carbocycles. The molecule has 1 saturated carbocycles. The molecule has 0 radical (unpaired) electrons. The Balaban J connectivity index is 2.29. The van der Waals surface area contributed by atoms with Crippen molar-refractivity contribution in [1.82, 2.24) is 5.32 Å². The number of hydrogen-bond donors (Lipinski definition) is 1. The number of nitrogens with one attached hydrogen (secondary N) is 1. The number of halogens is 2. The van der Waals surface area contributed by atoms with Gasteiger partial charge in [0.1, 0.15) is 5.82 Å². The van der Waals surface area contributed by atoms with Crippen LogP contribution in [0.3, 0.4) is 0 Å². The second-order valence-electron chi connectivity index (χ2n) is 5.49. The van der Waals surface area contributed by atoms with Gasteiger partial charge in [-0.25, -0.2) is 12.8 Å². The van der Waals surface area contributed by atoms with Crippen LogP contribution >= 0.6 is 10.7 Å². The summed E-state index contributed by atoms with van der Waals surface area (Å²) in [5, 5.41) is 2.73. The molecule has 1 N–H and O–H groups in total. The quantitative estimate of drug-likeness (QED) is 0.862. The molecule has 0 saturated heterocycles. The molecule has 1 aromatic rings. The van der Waals surface area contributed by atoms with Crippen LogP contribution in [0.2, 0.25) is 0 Å². The van der Waals surface area contributed by atoms with E-state index in [1.165, 1.54) is 6.92 Å². The summed E-state index contributed by atoms with van der Waals surface area (Å²) in [6.07, 6.45) is 3.22. The van der Waals surface area contributed by atoms with Crippen molar-refractivity contribution >= 4 is 25.6 Å². The first-order valence-electron chi connectivity index (χ1n) is 6.76. The van der Waals surface area contributed by atoms with Gasteiger partial charge in [0.15, 0.2) is 0 Å². The van der Waals surface area contributed by atoms with Crippen molar-refractivity contribution in [2.75, 3.05) is 0 Å². The van der Waals surface area contributed by atoms with Gasteiger partial charge in [-0.2, -0.15) is 0 Å². The molecule has 4 nitrogen and oxygen atoms in total. The van der Waals surface area contributed by atoms with Gasteiger partial charge in [0, 0.05) is 16.7 Å². The van der Waals surface area contributed by atoms with E-state index in [0.29, 0.717) is 5.92 Å². The van der Waals surface area contributed by atoms with Crippen LogP contribution in [0, 0.1) is 18.7 Å². The minimum absolute atomic E-state index is 0.0674. The van der Waals surface area contributed by atoms with E-state index in [-0.39, 0.29) is 22.1 Å². The Morgan fingerprint density at radius 3 is 2.52 bits per heavy atom.